The summed E-state index contributed by atoms with van der Waals surface area (Å²) < 4.78 is 0. The van der Waals surface area contributed by atoms with Crippen LogP contribution in [0.15, 0.2) is 48.5 Å². The van der Waals surface area contributed by atoms with Gasteiger partial charge in [0.15, 0.2) is 5.78 Å². The van der Waals surface area contributed by atoms with Crippen LogP contribution in [0.25, 0.3) is 0 Å². The molecular weight excluding hydrogens is 276 g/mol. The zero-order chi connectivity index (χ0) is 16.3. The summed E-state index contributed by atoms with van der Waals surface area (Å²) in [4.78, 5) is 23.6. The lowest BCUT2D eigenvalue weighted by Gasteiger charge is -2.23. The summed E-state index contributed by atoms with van der Waals surface area (Å²) in [7, 11) is 0. The smallest absolute Gasteiger partial charge is 0.193 e. The van der Waals surface area contributed by atoms with Crippen LogP contribution in [-0.4, -0.2) is 11.8 Å². The third-order valence-electron chi connectivity index (χ3n) is 4.20. The van der Waals surface area contributed by atoms with Crippen LogP contribution in [0.4, 0.5) is 0 Å². The van der Waals surface area contributed by atoms with Crippen molar-refractivity contribution in [2.24, 2.45) is 0 Å². The van der Waals surface area contributed by atoms with Gasteiger partial charge >= 0.3 is 0 Å². The Kier molecular flexibility index (Phi) is 4.45. The summed E-state index contributed by atoms with van der Waals surface area (Å²) in [5, 5.41) is 11.1. The second-order valence-electron chi connectivity index (χ2n) is 5.98. The van der Waals surface area contributed by atoms with Gasteiger partial charge in [0.05, 0.1) is 5.97 Å². The molecule has 0 aliphatic carbocycles. The molecule has 0 aromatic heterocycles. The minimum absolute atomic E-state index is 0.0461. The van der Waals surface area contributed by atoms with E-state index in [9.17, 15) is 14.7 Å². The summed E-state index contributed by atoms with van der Waals surface area (Å²) in [6, 6.07) is 13.5. The Morgan fingerprint density at radius 1 is 0.955 bits per heavy atom. The number of hydrogen-bond donors (Lipinski definition) is 0. The molecule has 0 spiro atoms. The van der Waals surface area contributed by atoms with Gasteiger partial charge in [0.1, 0.15) is 0 Å². The highest BCUT2D eigenvalue weighted by molar-refractivity contribution is 6.13. The molecule has 0 aliphatic rings. The van der Waals surface area contributed by atoms with E-state index < -0.39 is 5.97 Å². The van der Waals surface area contributed by atoms with Gasteiger partial charge in [0.25, 0.3) is 0 Å². The summed E-state index contributed by atoms with van der Waals surface area (Å²) in [6.07, 6.45) is 0.994. The molecule has 0 unspecified atom stereocenters. The minimum atomic E-state index is -1.34. The molecule has 0 fully saturated rings. The molecule has 0 aliphatic heterocycles. The van der Waals surface area contributed by atoms with Crippen LogP contribution < -0.4 is 5.11 Å². The van der Waals surface area contributed by atoms with Gasteiger partial charge in [-0.25, -0.2) is 0 Å². The Balaban J connectivity index is 2.37. The Morgan fingerprint density at radius 2 is 1.50 bits per heavy atom. The maximum absolute atomic E-state index is 12.5. The molecule has 2 rings (SSSR count). The van der Waals surface area contributed by atoms with Crippen molar-refractivity contribution in [3.63, 3.8) is 0 Å². The largest absolute Gasteiger partial charge is 0.545 e. The van der Waals surface area contributed by atoms with E-state index in [1.165, 1.54) is 12.1 Å². The molecule has 0 atom stereocenters. The summed E-state index contributed by atoms with van der Waals surface area (Å²) >= 11 is 0. The highest BCUT2D eigenvalue weighted by Crippen LogP contribution is 2.27. The van der Waals surface area contributed by atoms with Gasteiger partial charge < -0.3 is 9.90 Å². The average molecular weight is 295 g/mol. The molecule has 0 bridgehead atoms. The minimum Gasteiger partial charge on any atom is -0.545 e. The third kappa shape index (κ3) is 3.08. The normalized spacial score (nSPS) is 11.2. The topological polar surface area (TPSA) is 57.2 Å². The van der Waals surface area contributed by atoms with E-state index in [2.05, 4.69) is 20.8 Å². The van der Waals surface area contributed by atoms with Crippen molar-refractivity contribution in [3.05, 3.63) is 70.8 Å². The molecule has 2 aromatic rings. The van der Waals surface area contributed by atoms with Crippen molar-refractivity contribution in [1.29, 1.82) is 0 Å². The number of carbonyl (C=O) groups excluding carboxylic acids is 2. The Bertz CT molecular complexity index is 697. The van der Waals surface area contributed by atoms with Gasteiger partial charge in [0.2, 0.25) is 0 Å². The quantitative estimate of drug-likeness (QED) is 0.797. The molecule has 0 amide bonds. The fourth-order valence-corrected chi connectivity index (χ4v) is 2.29. The molecule has 0 N–H and O–H groups in total. The second kappa shape index (κ2) is 6.14. The predicted octanol–water partition coefficient (Wildman–Crippen LogP) is 2.97. The molecule has 0 heterocycles. The lowest BCUT2D eigenvalue weighted by atomic mass is 9.82. The van der Waals surface area contributed by atoms with Crippen LogP contribution in [0.2, 0.25) is 0 Å². The van der Waals surface area contributed by atoms with Gasteiger partial charge in [-0.05, 0) is 17.4 Å². The molecule has 3 heteroatoms. The highest BCUT2D eigenvalue weighted by atomic mass is 16.4. The van der Waals surface area contributed by atoms with Crippen LogP contribution in [0.1, 0.15) is 59.0 Å². The van der Waals surface area contributed by atoms with E-state index in [0.29, 0.717) is 5.56 Å². The summed E-state index contributed by atoms with van der Waals surface area (Å²) in [5.74, 6) is -1.65. The first-order chi connectivity index (χ1) is 10.4. The van der Waals surface area contributed by atoms with E-state index in [0.717, 1.165) is 12.0 Å². The number of benzene rings is 2. The molecule has 3 nitrogen and oxygen atoms in total. The van der Waals surface area contributed by atoms with E-state index in [4.69, 9.17) is 0 Å². The van der Waals surface area contributed by atoms with E-state index >= 15 is 0 Å². The zero-order valence-electron chi connectivity index (χ0n) is 13.1. The standard InChI is InChI=1S/C19H20O3/c1-4-19(2,3)14-11-9-13(10-12-14)17(20)15-7-5-6-8-16(15)18(21)22/h5-12H,4H2,1-3H3,(H,21,22)/p-1. The predicted molar refractivity (Wildman–Crippen MR) is 84.0 cm³/mol. The molecule has 0 saturated carbocycles. The van der Waals surface area contributed by atoms with E-state index in [1.54, 1.807) is 24.3 Å². The van der Waals surface area contributed by atoms with Crippen LogP contribution in [0.5, 0.6) is 0 Å². The number of carbonyl (C=O) groups is 2. The van der Waals surface area contributed by atoms with Crippen molar-refractivity contribution in [3.8, 4) is 0 Å². The third-order valence-corrected chi connectivity index (χ3v) is 4.20. The Hall–Kier alpha value is -2.42. The maximum atomic E-state index is 12.5. The fourth-order valence-electron chi connectivity index (χ4n) is 2.29. The van der Waals surface area contributed by atoms with Gasteiger partial charge in [-0.1, -0.05) is 69.3 Å². The highest BCUT2D eigenvalue weighted by Gasteiger charge is 2.19. The fraction of sp³-hybridized carbons (Fsp3) is 0.263. The number of carboxylic acids is 1. The second-order valence-corrected chi connectivity index (χ2v) is 5.98. The molecule has 2 aromatic carbocycles. The van der Waals surface area contributed by atoms with Crippen LogP contribution in [0.3, 0.4) is 0 Å². The first kappa shape index (κ1) is 16.0. The maximum Gasteiger partial charge on any atom is 0.193 e. The molecule has 22 heavy (non-hydrogen) atoms. The number of hydrogen-bond acceptors (Lipinski definition) is 3. The van der Waals surface area contributed by atoms with Crippen LogP contribution in [0, 0.1) is 0 Å². The first-order valence-corrected chi connectivity index (χ1v) is 7.32. The van der Waals surface area contributed by atoms with Gasteiger partial charge in [-0.15, -0.1) is 0 Å². The van der Waals surface area contributed by atoms with Gasteiger partial charge in [0, 0.05) is 16.7 Å². The number of rotatable bonds is 5. The molecule has 114 valence electrons. The zero-order valence-corrected chi connectivity index (χ0v) is 13.1. The molecule has 0 saturated heterocycles. The number of ketones is 1. The summed E-state index contributed by atoms with van der Waals surface area (Å²) in [6.45, 7) is 6.42. The lowest BCUT2D eigenvalue weighted by Crippen LogP contribution is -2.25. The Morgan fingerprint density at radius 3 is 2.00 bits per heavy atom. The van der Waals surface area contributed by atoms with Crippen molar-refractivity contribution in [2.75, 3.05) is 0 Å². The van der Waals surface area contributed by atoms with Crippen LogP contribution >= 0.6 is 0 Å². The van der Waals surface area contributed by atoms with Crippen molar-refractivity contribution < 1.29 is 14.7 Å². The lowest BCUT2D eigenvalue weighted by molar-refractivity contribution is -0.255. The van der Waals surface area contributed by atoms with Crippen LogP contribution in [-0.2, 0) is 5.41 Å². The van der Waals surface area contributed by atoms with Crippen molar-refractivity contribution in [1.82, 2.24) is 0 Å². The van der Waals surface area contributed by atoms with E-state index in [1.807, 2.05) is 12.1 Å². The SMILES string of the molecule is CCC(C)(C)c1ccc(C(=O)c2ccccc2C(=O)[O-])cc1. The summed E-state index contributed by atoms with van der Waals surface area (Å²) in [5.41, 5.74) is 1.75. The van der Waals surface area contributed by atoms with Gasteiger partial charge in [-0.2, -0.15) is 0 Å². The monoisotopic (exact) mass is 295 g/mol. The van der Waals surface area contributed by atoms with Gasteiger partial charge in [-0.3, -0.25) is 4.79 Å². The average Bonchev–Trinajstić information content (AvgIpc) is 2.54. The van der Waals surface area contributed by atoms with E-state index in [-0.39, 0.29) is 22.3 Å². The molecular formula is C19H19O3-. The van der Waals surface area contributed by atoms with Crippen molar-refractivity contribution >= 4 is 11.8 Å². The first-order valence-electron chi connectivity index (χ1n) is 7.32. The number of aromatic carboxylic acids is 1. The number of carboxylic acid groups (broad SMARTS) is 1. The van der Waals surface area contributed by atoms with Crippen molar-refractivity contribution in [2.45, 2.75) is 32.6 Å². The molecule has 0 radical (unpaired) electrons. The Labute approximate surface area is 130 Å².